The molecule has 1 fully saturated rings. The molecule has 5 nitrogen and oxygen atoms in total. The van der Waals surface area contributed by atoms with Crippen molar-refractivity contribution in [3.63, 3.8) is 0 Å². The molecule has 6 heteroatoms. The highest BCUT2D eigenvalue weighted by molar-refractivity contribution is 6.30. The summed E-state index contributed by atoms with van der Waals surface area (Å²) in [7, 11) is 0. The first kappa shape index (κ1) is 18.0. The maximum Gasteiger partial charge on any atom is 0.304 e. The summed E-state index contributed by atoms with van der Waals surface area (Å²) in [5.41, 5.74) is 5.57. The summed E-state index contributed by atoms with van der Waals surface area (Å²) in [6, 6.07) is 9.76. The number of hydrogen-bond donors (Lipinski definition) is 1. The second-order valence-electron chi connectivity index (χ2n) is 6.90. The van der Waals surface area contributed by atoms with E-state index < -0.39 is 5.97 Å². The Morgan fingerprint density at radius 2 is 2.07 bits per heavy atom. The van der Waals surface area contributed by atoms with E-state index in [-0.39, 0.29) is 6.42 Å². The molecular formula is C21H21ClN2O3. The first-order valence-electron chi connectivity index (χ1n) is 9.15. The van der Waals surface area contributed by atoms with Crippen molar-refractivity contribution in [2.24, 2.45) is 0 Å². The minimum absolute atomic E-state index is 0.186. The van der Waals surface area contributed by atoms with Crippen LogP contribution in [0.25, 0.3) is 5.57 Å². The Morgan fingerprint density at radius 3 is 2.85 bits per heavy atom. The van der Waals surface area contributed by atoms with Crippen molar-refractivity contribution in [3.05, 3.63) is 63.9 Å². The van der Waals surface area contributed by atoms with Crippen LogP contribution < -0.4 is 4.74 Å². The van der Waals surface area contributed by atoms with Crippen molar-refractivity contribution in [2.75, 3.05) is 19.6 Å². The fourth-order valence-corrected chi connectivity index (χ4v) is 3.96. The Kier molecular flexibility index (Phi) is 5.14. The Balaban J connectivity index is 1.71. The lowest BCUT2D eigenvalue weighted by atomic mass is 9.89. The van der Waals surface area contributed by atoms with E-state index in [4.69, 9.17) is 21.4 Å². The number of piperidine rings is 1. The van der Waals surface area contributed by atoms with E-state index in [0.29, 0.717) is 18.2 Å². The van der Waals surface area contributed by atoms with Crippen LogP contribution in [0.15, 0.2) is 42.1 Å². The number of likely N-dealkylation sites (tertiary alicyclic amines) is 1. The lowest BCUT2D eigenvalue weighted by Gasteiger charge is -2.29. The van der Waals surface area contributed by atoms with Crippen molar-refractivity contribution in [3.8, 4) is 5.75 Å². The second kappa shape index (κ2) is 7.71. The van der Waals surface area contributed by atoms with E-state index in [2.05, 4.69) is 16.0 Å². The van der Waals surface area contributed by atoms with Crippen molar-refractivity contribution in [1.82, 2.24) is 9.88 Å². The number of benzene rings is 1. The van der Waals surface area contributed by atoms with Gasteiger partial charge in [-0.1, -0.05) is 23.2 Å². The zero-order chi connectivity index (χ0) is 18.8. The Morgan fingerprint density at radius 1 is 1.26 bits per heavy atom. The Labute approximate surface area is 163 Å². The summed E-state index contributed by atoms with van der Waals surface area (Å²) in [6.07, 6.45) is 3.80. The van der Waals surface area contributed by atoms with Gasteiger partial charge in [0.25, 0.3) is 0 Å². The van der Waals surface area contributed by atoms with Crippen molar-refractivity contribution in [1.29, 1.82) is 0 Å². The molecule has 0 radical (unpaired) electrons. The van der Waals surface area contributed by atoms with Gasteiger partial charge in [0.1, 0.15) is 12.4 Å². The van der Waals surface area contributed by atoms with Crippen LogP contribution >= 0.6 is 11.6 Å². The number of aromatic nitrogens is 1. The van der Waals surface area contributed by atoms with E-state index in [1.54, 1.807) is 0 Å². The second-order valence-corrected chi connectivity index (χ2v) is 7.34. The zero-order valence-corrected chi connectivity index (χ0v) is 15.7. The average Bonchev–Trinajstić information content (AvgIpc) is 2.83. The van der Waals surface area contributed by atoms with E-state index >= 15 is 0 Å². The van der Waals surface area contributed by atoms with Gasteiger partial charge in [-0.15, -0.1) is 0 Å². The highest BCUT2D eigenvalue weighted by Crippen LogP contribution is 2.41. The van der Waals surface area contributed by atoms with Crippen molar-refractivity contribution < 1.29 is 14.6 Å². The third kappa shape index (κ3) is 3.84. The number of nitrogens with zero attached hydrogens (tertiary/aromatic N) is 2. The van der Waals surface area contributed by atoms with Crippen LogP contribution in [0.5, 0.6) is 5.75 Å². The highest BCUT2D eigenvalue weighted by Gasteiger charge is 2.26. The molecule has 0 saturated carbocycles. The summed E-state index contributed by atoms with van der Waals surface area (Å²) < 4.78 is 6.03. The van der Waals surface area contributed by atoms with Crippen LogP contribution in [0.2, 0.25) is 5.02 Å². The topological polar surface area (TPSA) is 62.7 Å². The molecule has 0 aliphatic carbocycles. The summed E-state index contributed by atoms with van der Waals surface area (Å²) in [4.78, 5) is 17.7. The largest absolute Gasteiger partial charge is 0.488 e. The molecule has 27 heavy (non-hydrogen) atoms. The van der Waals surface area contributed by atoms with Gasteiger partial charge >= 0.3 is 5.97 Å². The molecule has 1 N–H and O–H groups in total. The maximum absolute atomic E-state index is 10.8. The molecule has 0 amide bonds. The first-order valence-corrected chi connectivity index (χ1v) is 9.53. The quantitative estimate of drug-likeness (QED) is 0.866. The zero-order valence-electron chi connectivity index (χ0n) is 14.9. The number of fused-ring (bicyclic) bond motifs is 2. The highest BCUT2D eigenvalue weighted by atomic mass is 35.5. The van der Waals surface area contributed by atoms with E-state index in [1.165, 1.54) is 5.57 Å². The lowest BCUT2D eigenvalue weighted by Crippen LogP contribution is -2.33. The summed E-state index contributed by atoms with van der Waals surface area (Å²) in [5.74, 6) is 0.0420. The summed E-state index contributed by atoms with van der Waals surface area (Å²) in [5, 5.41) is 9.56. The van der Waals surface area contributed by atoms with E-state index in [0.717, 1.165) is 54.1 Å². The minimum atomic E-state index is -0.746. The number of hydrogen-bond acceptors (Lipinski definition) is 4. The normalized spacial score (nSPS) is 16.9. The van der Waals surface area contributed by atoms with Crippen LogP contribution in [-0.2, 0) is 11.4 Å². The van der Waals surface area contributed by atoms with Gasteiger partial charge in [-0.3, -0.25) is 9.78 Å². The summed E-state index contributed by atoms with van der Waals surface area (Å²) in [6.45, 7) is 2.79. The molecule has 2 aliphatic rings. The molecule has 0 unspecified atom stereocenters. The molecule has 1 aromatic heterocycles. The van der Waals surface area contributed by atoms with Gasteiger partial charge in [-0.2, -0.15) is 0 Å². The van der Waals surface area contributed by atoms with Gasteiger partial charge in [-0.25, -0.2) is 0 Å². The van der Waals surface area contributed by atoms with Crippen molar-refractivity contribution in [2.45, 2.75) is 25.9 Å². The molecule has 0 spiro atoms. The van der Waals surface area contributed by atoms with E-state index in [1.807, 2.05) is 30.5 Å². The number of carbonyl (C=O) groups is 1. The van der Waals surface area contributed by atoms with Gasteiger partial charge in [0.05, 0.1) is 12.1 Å². The van der Waals surface area contributed by atoms with Crippen LogP contribution in [0.3, 0.4) is 0 Å². The Bertz CT molecular complexity index is 900. The molecule has 0 bridgehead atoms. The molecule has 1 aromatic carbocycles. The molecule has 2 aliphatic heterocycles. The minimum Gasteiger partial charge on any atom is -0.488 e. The number of rotatable bonds is 3. The molecule has 140 valence electrons. The van der Waals surface area contributed by atoms with E-state index in [9.17, 15) is 4.79 Å². The van der Waals surface area contributed by atoms with Crippen LogP contribution in [0.4, 0.5) is 0 Å². The maximum atomic E-state index is 10.8. The SMILES string of the molecule is O=C(O)CCN1CCC(=C2c3ccc(Cl)cc3OCc3cccnc32)CC1. The molecule has 3 heterocycles. The summed E-state index contributed by atoms with van der Waals surface area (Å²) >= 11 is 6.19. The number of pyridine rings is 1. The molecule has 4 rings (SSSR count). The van der Waals surface area contributed by atoms with Gasteiger partial charge in [0.15, 0.2) is 0 Å². The van der Waals surface area contributed by atoms with Crippen molar-refractivity contribution >= 4 is 23.1 Å². The van der Waals surface area contributed by atoms with Crippen LogP contribution in [0.1, 0.15) is 36.1 Å². The lowest BCUT2D eigenvalue weighted by molar-refractivity contribution is -0.137. The first-order chi connectivity index (χ1) is 13.1. The molecule has 2 aromatic rings. The monoisotopic (exact) mass is 384 g/mol. The predicted molar refractivity (Wildman–Crippen MR) is 104 cm³/mol. The number of carboxylic acids is 1. The standard InChI is InChI=1S/C21H21ClN2O3/c22-16-3-4-17-18(12-16)27-13-15-2-1-8-23-21(15)20(17)14-5-9-24(10-6-14)11-7-19(25)26/h1-4,8,12H,5-7,9-11,13H2,(H,25,26). The van der Waals surface area contributed by atoms with Crippen LogP contribution in [0, 0.1) is 0 Å². The van der Waals surface area contributed by atoms with Gasteiger partial charge < -0.3 is 14.7 Å². The van der Waals surface area contributed by atoms with Gasteiger partial charge in [0, 0.05) is 47.6 Å². The third-order valence-corrected chi connectivity index (χ3v) is 5.41. The van der Waals surface area contributed by atoms with Gasteiger partial charge in [-0.05, 0) is 37.1 Å². The van der Waals surface area contributed by atoms with Gasteiger partial charge in [0.2, 0.25) is 0 Å². The number of carboxylic acid groups (broad SMARTS) is 1. The molecule has 1 saturated heterocycles. The average molecular weight is 385 g/mol. The number of ether oxygens (including phenoxy) is 1. The predicted octanol–water partition coefficient (Wildman–Crippen LogP) is 4.00. The fourth-order valence-electron chi connectivity index (χ4n) is 3.79. The molecular weight excluding hydrogens is 364 g/mol. The van der Waals surface area contributed by atoms with Crippen LogP contribution in [-0.4, -0.2) is 40.6 Å². The third-order valence-electron chi connectivity index (χ3n) is 5.18. The molecule has 0 atom stereocenters. The smallest absolute Gasteiger partial charge is 0.304 e. The number of aliphatic carboxylic acids is 1. The fraction of sp³-hybridized carbons (Fsp3) is 0.333. The number of halogens is 1. The Hall–Kier alpha value is -2.37.